The fraction of sp³-hybridized carbons (Fsp3) is 0.273. The minimum atomic E-state index is 0.414. The van der Waals surface area contributed by atoms with Gasteiger partial charge in [-0.3, -0.25) is 0 Å². The molecule has 0 saturated carbocycles. The van der Waals surface area contributed by atoms with E-state index in [-0.39, 0.29) is 0 Å². The van der Waals surface area contributed by atoms with Crippen molar-refractivity contribution in [2.24, 2.45) is 0 Å². The average Bonchev–Trinajstić information content (AvgIpc) is 2.77. The van der Waals surface area contributed by atoms with Crippen LogP contribution in [0.1, 0.15) is 0 Å². The van der Waals surface area contributed by atoms with E-state index in [1.807, 2.05) is 19.0 Å². The molecule has 0 saturated heterocycles. The molecular formula is C22H26Cl2N6O3. The van der Waals surface area contributed by atoms with Gasteiger partial charge in [-0.2, -0.15) is 0 Å². The first-order chi connectivity index (χ1) is 15.8. The minimum absolute atomic E-state index is 0.414. The molecule has 11 heteroatoms. The molecule has 4 N–H and O–H groups in total. The summed E-state index contributed by atoms with van der Waals surface area (Å²) in [6.45, 7) is 1.27. The third kappa shape index (κ3) is 6.44. The van der Waals surface area contributed by atoms with E-state index >= 15 is 0 Å². The molecule has 0 aliphatic heterocycles. The summed E-state index contributed by atoms with van der Waals surface area (Å²) in [5, 5.41) is 7.18. The second kappa shape index (κ2) is 11.1. The Morgan fingerprint density at radius 2 is 1.52 bits per heavy atom. The van der Waals surface area contributed by atoms with Crippen LogP contribution in [0.3, 0.4) is 0 Å². The molecule has 0 aliphatic carbocycles. The van der Waals surface area contributed by atoms with Crippen molar-refractivity contribution in [3.05, 3.63) is 46.7 Å². The smallest absolute Gasteiger partial charge is 0.146 e. The van der Waals surface area contributed by atoms with E-state index in [1.54, 1.807) is 37.4 Å². The summed E-state index contributed by atoms with van der Waals surface area (Å²) < 4.78 is 16.5. The van der Waals surface area contributed by atoms with Gasteiger partial charge in [0.05, 0.1) is 41.3 Å². The predicted molar refractivity (Wildman–Crippen MR) is 133 cm³/mol. The van der Waals surface area contributed by atoms with Gasteiger partial charge in [-0.25, -0.2) is 9.97 Å². The van der Waals surface area contributed by atoms with Crippen LogP contribution in [-0.2, 0) is 0 Å². The number of hydrogen-bond acceptors (Lipinski definition) is 9. The summed E-state index contributed by atoms with van der Waals surface area (Å²) in [6, 6.07) is 8.49. The molecule has 176 valence electrons. The van der Waals surface area contributed by atoms with Gasteiger partial charge in [-0.05, 0) is 26.2 Å². The third-order valence-electron chi connectivity index (χ3n) is 4.56. The summed E-state index contributed by atoms with van der Waals surface area (Å²) in [6.07, 6.45) is 1.42. The maximum absolute atomic E-state index is 6.30. The van der Waals surface area contributed by atoms with Crippen LogP contribution in [0.15, 0.2) is 36.7 Å². The lowest BCUT2D eigenvalue weighted by Crippen LogP contribution is -2.19. The normalized spacial score (nSPS) is 10.8. The zero-order chi connectivity index (χ0) is 24.0. The molecular weight excluding hydrogens is 467 g/mol. The molecule has 1 heterocycles. The molecule has 0 fully saturated rings. The van der Waals surface area contributed by atoms with Gasteiger partial charge >= 0.3 is 0 Å². The van der Waals surface area contributed by atoms with Gasteiger partial charge in [0.1, 0.15) is 41.8 Å². The molecule has 0 radical (unpaired) electrons. The van der Waals surface area contributed by atoms with Crippen molar-refractivity contribution >= 4 is 51.9 Å². The molecule has 0 amide bonds. The zero-order valence-electron chi connectivity index (χ0n) is 18.8. The number of methoxy groups -OCH3 is 2. The molecule has 33 heavy (non-hydrogen) atoms. The molecule has 0 atom stereocenters. The summed E-state index contributed by atoms with van der Waals surface area (Å²) in [5.74, 6) is 2.63. The first kappa shape index (κ1) is 24.5. The van der Waals surface area contributed by atoms with Crippen LogP contribution in [0.5, 0.6) is 17.2 Å². The highest BCUT2D eigenvalue weighted by Gasteiger charge is 2.13. The Balaban J connectivity index is 1.79. The first-order valence-corrected chi connectivity index (χ1v) is 10.7. The summed E-state index contributed by atoms with van der Waals surface area (Å²) in [4.78, 5) is 10.5. The number of ether oxygens (including phenoxy) is 3. The summed E-state index contributed by atoms with van der Waals surface area (Å²) >= 11 is 12.4. The Labute approximate surface area is 202 Å². The molecule has 9 nitrogen and oxygen atoms in total. The van der Waals surface area contributed by atoms with Gasteiger partial charge in [-0.1, -0.05) is 23.2 Å². The first-order valence-electron chi connectivity index (χ1n) is 9.95. The second-order valence-electron chi connectivity index (χ2n) is 7.25. The number of nitrogens with one attached hydrogen (secondary N) is 2. The van der Waals surface area contributed by atoms with Crippen LogP contribution < -0.4 is 30.6 Å². The van der Waals surface area contributed by atoms with Gasteiger partial charge in [-0.15, -0.1) is 0 Å². The van der Waals surface area contributed by atoms with Crippen molar-refractivity contribution < 1.29 is 14.2 Å². The predicted octanol–water partition coefficient (Wildman–Crippen LogP) is 4.81. The Morgan fingerprint density at radius 3 is 2.15 bits per heavy atom. The standard InChI is InChI=1S/C22H26Cl2N6O3/c1-30(2)5-6-33-19-10-20(32-4)17(8-15(19)25)29-22-11-21(26-12-27-22)28-16-9-18(31-3)14(24)7-13(16)23/h7-12H,5-6,25H2,1-4H3,(H2,26,27,28,29). The van der Waals surface area contributed by atoms with Crippen LogP contribution in [0, 0.1) is 0 Å². The molecule has 0 aliphatic rings. The van der Waals surface area contributed by atoms with Crippen molar-refractivity contribution in [3.8, 4) is 17.2 Å². The number of anilines is 5. The van der Waals surface area contributed by atoms with E-state index < -0.39 is 0 Å². The summed E-state index contributed by atoms with van der Waals surface area (Å²) in [7, 11) is 7.05. The number of hydrogen-bond donors (Lipinski definition) is 3. The highest BCUT2D eigenvalue weighted by Crippen LogP contribution is 2.37. The lowest BCUT2D eigenvalue weighted by Gasteiger charge is -2.17. The van der Waals surface area contributed by atoms with E-state index in [2.05, 4.69) is 20.6 Å². The third-order valence-corrected chi connectivity index (χ3v) is 5.17. The maximum atomic E-state index is 6.30. The fourth-order valence-corrected chi connectivity index (χ4v) is 3.37. The van der Waals surface area contributed by atoms with Gasteiger partial charge in [0.15, 0.2) is 0 Å². The fourth-order valence-electron chi connectivity index (χ4n) is 2.86. The van der Waals surface area contributed by atoms with Gasteiger partial charge in [0, 0.05) is 24.7 Å². The lowest BCUT2D eigenvalue weighted by molar-refractivity contribution is 0.261. The molecule has 1 aromatic heterocycles. The second-order valence-corrected chi connectivity index (χ2v) is 8.06. The van der Waals surface area contributed by atoms with Gasteiger partial charge < -0.3 is 35.5 Å². The largest absolute Gasteiger partial charge is 0.495 e. The van der Waals surface area contributed by atoms with Crippen molar-refractivity contribution in [2.75, 3.05) is 57.8 Å². The number of nitrogens with two attached hydrogens (primary N) is 1. The number of benzene rings is 2. The van der Waals surface area contributed by atoms with Crippen molar-refractivity contribution in [2.45, 2.75) is 0 Å². The minimum Gasteiger partial charge on any atom is -0.495 e. The Hall–Kier alpha value is -3.14. The van der Waals surface area contributed by atoms with Crippen LogP contribution in [-0.4, -0.2) is 56.3 Å². The summed E-state index contributed by atoms with van der Waals surface area (Å²) in [5.41, 5.74) is 7.88. The van der Waals surface area contributed by atoms with E-state index in [0.29, 0.717) is 62.6 Å². The number of nitrogens with zero attached hydrogens (tertiary/aromatic N) is 3. The van der Waals surface area contributed by atoms with Crippen LogP contribution in [0.2, 0.25) is 10.0 Å². The monoisotopic (exact) mass is 492 g/mol. The van der Waals surface area contributed by atoms with E-state index in [9.17, 15) is 0 Å². The Bertz CT molecular complexity index is 1110. The zero-order valence-corrected chi connectivity index (χ0v) is 20.3. The number of likely N-dealkylation sites (N-methyl/N-ethyl adjacent to an activating group) is 1. The molecule has 0 bridgehead atoms. The van der Waals surface area contributed by atoms with Crippen LogP contribution in [0.4, 0.5) is 28.7 Å². The van der Waals surface area contributed by atoms with Gasteiger partial charge in [0.25, 0.3) is 0 Å². The van der Waals surface area contributed by atoms with E-state index in [1.165, 1.54) is 13.4 Å². The topological polar surface area (TPSA) is 107 Å². The number of aromatic nitrogens is 2. The van der Waals surface area contributed by atoms with Crippen LogP contribution >= 0.6 is 23.2 Å². The highest BCUT2D eigenvalue weighted by atomic mass is 35.5. The highest BCUT2D eigenvalue weighted by molar-refractivity contribution is 6.37. The molecule has 2 aromatic carbocycles. The number of rotatable bonds is 10. The molecule has 0 spiro atoms. The molecule has 0 unspecified atom stereocenters. The maximum Gasteiger partial charge on any atom is 0.146 e. The van der Waals surface area contributed by atoms with Crippen molar-refractivity contribution in [3.63, 3.8) is 0 Å². The number of nitrogen functional groups attached to an aromatic ring is 1. The van der Waals surface area contributed by atoms with E-state index in [0.717, 1.165) is 6.54 Å². The van der Waals surface area contributed by atoms with Crippen LogP contribution in [0.25, 0.3) is 0 Å². The van der Waals surface area contributed by atoms with Gasteiger partial charge in [0.2, 0.25) is 0 Å². The quantitative estimate of drug-likeness (QED) is 0.343. The van der Waals surface area contributed by atoms with Crippen molar-refractivity contribution in [1.82, 2.24) is 14.9 Å². The Kier molecular flexibility index (Phi) is 8.26. The van der Waals surface area contributed by atoms with Crippen molar-refractivity contribution in [1.29, 1.82) is 0 Å². The molecule has 3 rings (SSSR count). The Morgan fingerprint density at radius 1 is 0.848 bits per heavy atom. The molecule has 3 aromatic rings. The SMILES string of the molecule is COc1cc(Nc2cc(Nc3cc(N)c(OCCN(C)C)cc3OC)ncn2)c(Cl)cc1Cl. The average molecular weight is 493 g/mol. The lowest BCUT2D eigenvalue weighted by atomic mass is 10.2. The van der Waals surface area contributed by atoms with E-state index in [4.69, 9.17) is 43.1 Å². The number of halogens is 2.